The van der Waals surface area contributed by atoms with Crippen LogP contribution in [-0.2, 0) is 4.84 Å². The Morgan fingerprint density at radius 1 is 0.762 bits per heavy atom. The first-order valence-corrected chi connectivity index (χ1v) is 7.53. The number of piperazine rings is 1. The van der Waals surface area contributed by atoms with E-state index in [1.165, 1.54) is 11.1 Å². The molecule has 0 N–H and O–H groups in total. The molecular formula is C18H22N2O. The topological polar surface area (TPSA) is 15.7 Å². The molecule has 1 heterocycles. The predicted molar refractivity (Wildman–Crippen MR) is 84.9 cm³/mol. The molecule has 1 aliphatic heterocycles. The van der Waals surface area contributed by atoms with Crippen LogP contribution in [0.5, 0.6) is 0 Å². The van der Waals surface area contributed by atoms with Crippen molar-refractivity contribution in [1.82, 2.24) is 9.96 Å². The van der Waals surface area contributed by atoms with Gasteiger partial charge in [-0.2, -0.15) is 5.06 Å². The minimum atomic E-state index is -0.0317. The molecule has 0 saturated carbocycles. The molecule has 1 aliphatic rings. The second-order valence-corrected chi connectivity index (χ2v) is 5.54. The third-order valence-corrected chi connectivity index (χ3v) is 3.92. The highest BCUT2D eigenvalue weighted by atomic mass is 16.7. The lowest BCUT2D eigenvalue weighted by Gasteiger charge is -2.34. The highest BCUT2D eigenvalue weighted by Gasteiger charge is 2.21. The first-order valence-electron chi connectivity index (χ1n) is 7.53. The van der Waals surface area contributed by atoms with Crippen molar-refractivity contribution in [1.29, 1.82) is 0 Å². The minimum absolute atomic E-state index is 0.0317. The number of hydrogen-bond donors (Lipinski definition) is 0. The summed E-state index contributed by atoms with van der Waals surface area (Å²) in [6.07, 6.45) is -0.0317. The van der Waals surface area contributed by atoms with E-state index in [1.54, 1.807) is 0 Å². The van der Waals surface area contributed by atoms with Crippen LogP contribution in [0, 0.1) is 0 Å². The molecule has 3 heteroatoms. The highest BCUT2D eigenvalue weighted by molar-refractivity contribution is 5.29. The maximum absolute atomic E-state index is 6.32. The van der Waals surface area contributed by atoms with Crippen LogP contribution in [0.2, 0.25) is 0 Å². The maximum atomic E-state index is 6.32. The predicted octanol–water partition coefficient (Wildman–Crippen LogP) is 2.96. The average Bonchev–Trinajstić information content (AvgIpc) is 2.56. The van der Waals surface area contributed by atoms with Gasteiger partial charge in [0.15, 0.2) is 0 Å². The van der Waals surface area contributed by atoms with Crippen molar-refractivity contribution in [2.75, 3.05) is 33.2 Å². The number of hydrogen-bond acceptors (Lipinski definition) is 3. The van der Waals surface area contributed by atoms with Crippen LogP contribution < -0.4 is 0 Å². The fourth-order valence-corrected chi connectivity index (χ4v) is 2.61. The zero-order valence-electron chi connectivity index (χ0n) is 12.5. The van der Waals surface area contributed by atoms with Gasteiger partial charge < -0.3 is 4.90 Å². The first kappa shape index (κ1) is 14.3. The zero-order chi connectivity index (χ0) is 14.5. The minimum Gasteiger partial charge on any atom is -0.304 e. The molecular weight excluding hydrogens is 260 g/mol. The van der Waals surface area contributed by atoms with Gasteiger partial charge in [0, 0.05) is 26.2 Å². The monoisotopic (exact) mass is 282 g/mol. The van der Waals surface area contributed by atoms with Gasteiger partial charge in [-0.25, -0.2) is 0 Å². The lowest BCUT2D eigenvalue weighted by Crippen LogP contribution is -2.44. The lowest BCUT2D eigenvalue weighted by molar-refractivity contribution is -0.202. The Balaban J connectivity index is 1.80. The third-order valence-electron chi connectivity index (χ3n) is 3.92. The van der Waals surface area contributed by atoms with Crippen molar-refractivity contribution in [2.24, 2.45) is 0 Å². The Bertz CT molecular complexity index is 496. The Labute approximate surface area is 126 Å². The number of nitrogens with zero attached hydrogens (tertiary/aromatic N) is 2. The fraction of sp³-hybridized carbons (Fsp3) is 0.333. The van der Waals surface area contributed by atoms with E-state index in [9.17, 15) is 0 Å². The van der Waals surface area contributed by atoms with E-state index in [4.69, 9.17) is 4.84 Å². The van der Waals surface area contributed by atoms with E-state index in [1.807, 2.05) is 12.1 Å². The van der Waals surface area contributed by atoms with E-state index >= 15 is 0 Å². The van der Waals surface area contributed by atoms with Gasteiger partial charge in [-0.15, -0.1) is 0 Å². The molecule has 3 nitrogen and oxygen atoms in total. The summed E-state index contributed by atoms with van der Waals surface area (Å²) in [5, 5.41) is 2.10. The molecule has 0 atom stereocenters. The van der Waals surface area contributed by atoms with E-state index in [-0.39, 0.29) is 6.10 Å². The fourth-order valence-electron chi connectivity index (χ4n) is 2.61. The van der Waals surface area contributed by atoms with Crippen molar-refractivity contribution >= 4 is 0 Å². The van der Waals surface area contributed by atoms with Gasteiger partial charge in [0.1, 0.15) is 6.10 Å². The smallest absolute Gasteiger partial charge is 0.129 e. The quantitative estimate of drug-likeness (QED) is 0.857. The molecule has 0 radical (unpaired) electrons. The van der Waals surface area contributed by atoms with Gasteiger partial charge >= 0.3 is 0 Å². The summed E-state index contributed by atoms with van der Waals surface area (Å²) in [5.74, 6) is 0. The van der Waals surface area contributed by atoms with Crippen LogP contribution in [0.3, 0.4) is 0 Å². The van der Waals surface area contributed by atoms with E-state index in [0.717, 1.165) is 26.2 Å². The van der Waals surface area contributed by atoms with Crippen LogP contribution in [0.15, 0.2) is 60.7 Å². The van der Waals surface area contributed by atoms with Gasteiger partial charge in [0.05, 0.1) is 0 Å². The van der Waals surface area contributed by atoms with Crippen LogP contribution in [-0.4, -0.2) is 43.2 Å². The lowest BCUT2D eigenvalue weighted by atomic mass is 10.0. The summed E-state index contributed by atoms with van der Waals surface area (Å²) in [5.41, 5.74) is 2.39. The summed E-state index contributed by atoms with van der Waals surface area (Å²) in [6.45, 7) is 4.01. The van der Waals surface area contributed by atoms with E-state index in [2.05, 4.69) is 65.5 Å². The molecule has 1 fully saturated rings. The molecule has 2 aromatic carbocycles. The molecule has 0 spiro atoms. The largest absolute Gasteiger partial charge is 0.304 e. The molecule has 0 unspecified atom stereocenters. The molecule has 2 aromatic rings. The third kappa shape index (κ3) is 3.70. The zero-order valence-corrected chi connectivity index (χ0v) is 12.5. The molecule has 3 rings (SSSR count). The van der Waals surface area contributed by atoms with Crippen LogP contribution >= 0.6 is 0 Å². The summed E-state index contributed by atoms with van der Waals surface area (Å²) < 4.78 is 0. The first-order chi connectivity index (χ1) is 10.3. The van der Waals surface area contributed by atoms with Crippen molar-refractivity contribution in [3.63, 3.8) is 0 Å². The number of hydroxylamine groups is 2. The Kier molecular flexibility index (Phi) is 4.65. The maximum Gasteiger partial charge on any atom is 0.129 e. The highest BCUT2D eigenvalue weighted by Crippen LogP contribution is 2.27. The molecule has 0 amide bonds. The molecule has 110 valence electrons. The number of rotatable bonds is 4. The normalized spacial score (nSPS) is 17.2. The summed E-state index contributed by atoms with van der Waals surface area (Å²) in [6, 6.07) is 20.9. The molecule has 1 saturated heterocycles. The van der Waals surface area contributed by atoms with E-state index < -0.39 is 0 Å². The SMILES string of the molecule is CN1CCN(OC(c2ccccc2)c2ccccc2)CC1. The van der Waals surface area contributed by atoms with Gasteiger partial charge in [-0.3, -0.25) is 4.84 Å². The second kappa shape index (κ2) is 6.85. The van der Waals surface area contributed by atoms with Crippen LogP contribution in [0.25, 0.3) is 0 Å². The molecule has 21 heavy (non-hydrogen) atoms. The standard InChI is InChI=1S/C18H22N2O/c1-19-12-14-20(15-13-19)21-18(16-8-4-2-5-9-16)17-10-6-3-7-11-17/h2-11,18H,12-15H2,1H3. The van der Waals surface area contributed by atoms with E-state index in [0.29, 0.717) is 0 Å². The summed E-state index contributed by atoms with van der Waals surface area (Å²) in [7, 11) is 2.16. The molecule has 0 aromatic heterocycles. The van der Waals surface area contributed by atoms with Crippen LogP contribution in [0.1, 0.15) is 17.2 Å². The summed E-state index contributed by atoms with van der Waals surface area (Å²) in [4.78, 5) is 8.65. The van der Waals surface area contributed by atoms with Crippen LogP contribution in [0.4, 0.5) is 0 Å². The average molecular weight is 282 g/mol. The molecule has 0 bridgehead atoms. The van der Waals surface area contributed by atoms with Crippen molar-refractivity contribution in [2.45, 2.75) is 6.10 Å². The Hall–Kier alpha value is -1.68. The van der Waals surface area contributed by atoms with Gasteiger partial charge in [0.2, 0.25) is 0 Å². The molecule has 0 aliphatic carbocycles. The van der Waals surface area contributed by atoms with Crippen molar-refractivity contribution in [3.8, 4) is 0 Å². The Morgan fingerprint density at radius 2 is 1.24 bits per heavy atom. The Morgan fingerprint density at radius 3 is 1.71 bits per heavy atom. The number of benzene rings is 2. The number of likely N-dealkylation sites (N-methyl/N-ethyl adjacent to an activating group) is 1. The van der Waals surface area contributed by atoms with Crippen molar-refractivity contribution < 1.29 is 4.84 Å². The van der Waals surface area contributed by atoms with Gasteiger partial charge in [-0.1, -0.05) is 60.7 Å². The summed E-state index contributed by atoms with van der Waals surface area (Å²) >= 11 is 0. The van der Waals surface area contributed by atoms with Crippen molar-refractivity contribution in [3.05, 3.63) is 71.8 Å². The second-order valence-electron chi connectivity index (χ2n) is 5.54. The van der Waals surface area contributed by atoms with Gasteiger partial charge in [0.25, 0.3) is 0 Å². The van der Waals surface area contributed by atoms with Gasteiger partial charge in [-0.05, 0) is 18.2 Å².